The van der Waals surface area contributed by atoms with Crippen LogP contribution in [0, 0.1) is 0 Å². The van der Waals surface area contributed by atoms with Gasteiger partial charge in [0.25, 0.3) is 11.5 Å². The lowest BCUT2D eigenvalue weighted by molar-refractivity contribution is -0.896. The number of quaternary nitrogens is 1. The van der Waals surface area contributed by atoms with Crippen molar-refractivity contribution in [2.45, 2.75) is 40.2 Å². The van der Waals surface area contributed by atoms with E-state index in [-0.39, 0.29) is 11.3 Å². The van der Waals surface area contributed by atoms with E-state index < -0.39 is 17.4 Å². The number of amides is 1. The first-order valence-corrected chi connectivity index (χ1v) is 12.2. The average Bonchev–Trinajstić information content (AvgIpc) is 2.87. The normalized spacial score (nSPS) is 11.1. The van der Waals surface area contributed by atoms with Gasteiger partial charge in [-0.2, -0.15) is 0 Å². The van der Waals surface area contributed by atoms with Gasteiger partial charge in [-0.05, 0) is 56.7 Å². The molecule has 2 aromatic carbocycles. The molecule has 0 aliphatic heterocycles. The number of hydrogen-bond donors (Lipinski definition) is 3. The lowest BCUT2D eigenvalue weighted by Gasteiger charge is -2.15. The molecule has 8 heteroatoms. The Morgan fingerprint density at radius 3 is 2.37 bits per heavy atom. The number of hydrogen-bond acceptors (Lipinski definition) is 5. The highest BCUT2D eigenvalue weighted by molar-refractivity contribution is 6.09. The summed E-state index contributed by atoms with van der Waals surface area (Å²) in [5, 5.41) is 13.9. The van der Waals surface area contributed by atoms with Gasteiger partial charge >= 0.3 is 5.97 Å². The van der Waals surface area contributed by atoms with Crippen LogP contribution >= 0.6 is 0 Å². The Morgan fingerprint density at radius 1 is 1.03 bits per heavy atom. The molecule has 1 aromatic heterocycles. The Hall–Kier alpha value is -3.65. The minimum absolute atomic E-state index is 0.304. The fraction of sp³-hybridized carbons (Fsp3) is 0.370. The second-order valence-corrected chi connectivity index (χ2v) is 8.43. The van der Waals surface area contributed by atoms with E-state index in [1.54, 1.807) is 48.5 Å². The Morgan fingerprint density at radius 2 is 1.71 bits per heavy atom. The van der Waals surface area contributed by atoms with Gasteiger partial charge in [0.1, 0.15) is 24.5 Å². The SMILES string of the molecule is CCCCn1c(=O)c(C(=O)Nc2ccc(C(=O)OCC[NH+](CC)CC)cc2)c(O)c2ccccc21. The van der Waals surface area contributed by atoms with Crippen LogP contribution in [0.15, 0.2) is 53.3 Å². The van der Waals surface area contributed by atoms with E-state index >= 15 is 0 Å². The predicted octanol–water partition coefficient (Wildman–Crippen LogP) is 2.84. The molecule has 8 nitrogen and oxygen atoms in total. The number of ether oxygens (including phenoxy) is 1. The van der Waals surface area contributed by atoms with Crippen molar-refractivity contribution in [1.82, 2.24) is 4.57 Å². The summed E-state index contributed by atoms with van der Waals surface area (Å²) in [5.41, 5.74) is 0.509. The van der Waals surface area contributed by atoms with Crippen molar-refractivity contribution in [3.63, 3.8) is 0 Å². The summed E-state index contributed by atoms with van der Waals surface area (Å²) in [7, 11) is 0. The minimum Gasteiger partial charge on any atom is -0.506 e. The number of fused-ring (bicyclic) bond motifs is 1. The topological polar surface area (TPSA) is 102 Å². The van der Waals surface area contributed by atoms with Crippen LogP contribution in [0.1, 0.15) is 54.3 Å². The third-order valence-corrected chi connectivity index (χ3v) is 6.18. The number of unbranched alkanes of at least 4 members (excludes halogenated alkanes) is 1. The molecule has 0 fully saturated rings. The molecule has 0 aliphatic carbocycles. The highest BCUT2D eigenvalue weighted by atomic mass is 16.5. The summed E-state index contributed by atoms with van der Waals surface area (Å²) in [6, 6.07) is 13.2. The molecule has 0 radical (unpaired) electrons. The summed E-state index contributed by atoms with van der Waals surface area (Å²) in [6.45, 7) is 9.67. The molecule has 1 heterocycles. The number of aromatic nitrogens is 1. The first kappa shape index (κ1) is 26.0. The third-order valence-electron chi connectivity index (χ3n) is 6.18. The molecule has 186 valence electrons. The largest absolute Gasteiger partial charge is 0.506 e. The predicted molar refractivity (Wildman–Crippen MR) is 136 cm³/mol. The van der Waals surface area contributed by atoms with E-state index in [4.69, 9.17) is 4.74 Å². The standard InChI is InChI=1S/C27H33N3O5/c1-4-7-16-30-22-11-9-8-10-21(22)24(31)23(26(30)33)25(32)28-20-14-12-19(13-15-20)27(34)35-18-17-29(5-2)6-3/h8-15,31H,4-7,16-18H2,1-3H3,(H,28,32)/p+1. The van der Waals surface area contributed by atoms with E-state index in [2.05, 4.69) is 19.2 Å². The number of anilines is 1. The number of aryl methyl sites for hydroxylation is 1. The number of benzene rings is 2. The number of aromatic hydroxyl groups is 1. The van der Waals surface area contributed by atoms with Crippen molar-refractivity contribution in [2.75, 3.05) is 31.6 Å². The van der Waals surface area contributed by atoms with Crippen molar-refractivity contribution in [1.29, 1.82) is 0 Å². The van der Waals surface area contributed by atoms with Crippen LogP contribution in [-0.4, -0.2) is 47.8 Å². The molecule has 3 N–H and O–H groups in total. The lowest BCUT2D eigenvalue weighted by atomic mass is 10.1. The summed E-state index contributed by atoms with van der Waals surface area (Å²) < 4.78 is 6.88. The lowest BCUT2D eigenvalue weighted by Crippen LogP contribution is -3.11. The number of likely N-dealkylation sites (N-methyl/N-ethyl adjacent to an activating group) is 1. The molecule has 0 aliphatic rings. The van der Waals surface area contributed by atoms with Gasteiger partial charge in [0.05, 0.1) is 24.2 Å². The maximum Gasteiger partial charge on any atom is 0.338 e. The van der Waals surface area contributed by atoms with Gasteiger partial charge in [-0.25, -0.2) is 4.79 Å². The third kappa shape index (κ3) is 6.08. The first-order chi connectivity index (χ1) is 16.9. The zero-order chi connectivity index (χ0) is 25.4. The molecule has 1 amide bonds. The van der Waals surface area contributed by atoms with Gasteiger partial charge in [0.15, 0.2) is 0 Å². The molecular weight excluding hydrogens is 446 g/mol. The zero-order valence-electron chi connectivity index (χ0n) is 20.6. The molecule has 3 aromatic rings. The number of nitrogens with zero attached hydrogens (tertiary/aromatic N) is 1. The monoisotopic (exact) mass is 480 g/mol. The van der Waals surface area contributed by atoms with Crippen molar-refractivity contribution in [3.8, 4) is 5.75 Å². The highest BCUT2D eigenvalue weighted by Crippen LogP contribution is 2.27. The number of esters is 1. The molecule has 35 heavy (non-hydrogen) atoms. The number of pyridine rings is 1. The Labute approximate surface area is 205 Å². The number of rotatable bonds is 11. The summed E-state index contributed by atoms with van der Waals surface area (Å²) in [4.78, 5) is 39.8. The highest BCUT2D eigenvalue weighted by Gasteiger charge is 2.22. The van der Waals surface area contributed by atoms with Crippen molar-refractivity contribution < 1.29 is 24.3 Å². The van der Waals surface area contributed by atoms with Crippen molar-refractivity contribution >= 4 is 28.5 Å². The van der Waals surface area contributed by atoms with Gasteiger partial charge in [-0.15, -0.1) is 0 Å². The summed E-state index contributed by atoms with van der Waals surface area (Å²) in [6.07, 6.45) is 1.65. The first-order valence-electron chi connectivity index (χ1n) is 12.2. The van der Waals surface area contributed by atoms with Gasteiger partial charge in [-0.3, -0.25) is 9.59 Å². The Kier molecular flexibility index (Phi) is 9.03. The van der Waals surface area contributed by atoms with E-state index in [1.807, 2.05) is 6.92 Å². The second kappa shape index (κ2) is 12.2. The minimum atomic E-state index is -0.707. The van der Waals surface area contributed by atoms with Crippen LogP contribution in [0.2, 0.25) is 0 Å². The molecule has 0 unspecified atom stereocenters. The fourth-order valence-corrected chi connectivity index (χ4v) is 3.99. The van der Waals surface area contributed by atoms with E-state index in [0.717, 1.165) is 32.5 Å². The molecule has 0 saturated heterocycles. The molecule has 3 rings (SSSR count). The smallest absolute Gasteiger partial charge is 0.338 e. The number of para-hydroxylation sites is 1. The molecular formula is C27H34N3O5+. The van der Waals surface area contributed by atoms with E-state index in [1.165, 1.54) is 9.47 Å². The van der Waals surface area contributed by atoms with Crippen LogP contribution in [0.25, 0.3) is 10.9 Å². The van der Waals surface area contributed by atoms with Crippen LogP contribution in [-0.2, 0) is 11.3 Å². The number of carbonyl (C=O) groups excluding carboxylic acids is 2. The molecule has 0 bridgehead atoms. The zero-order valence-corrected chi connectivity index (χ0v) is 20.6. The quantitative estimate of drug-likeness (QED) is 0.366. The molecule has 0 saturated carbocycles. The van der Waals surface area contributed by atoms with Crippen LogP contribution < -0.4 is 15.8 Å². The second-order valence-electron chi connectivity index (χ2n) is 8.43. The molecule has 0 atom stereocenters. The van der Waals surface area contributed by atoms with Gasteiger partial charge < -0.3 is 24.6 Å². The number of carbonyl (C=O) groups is 2. The van der Waals surface area contributed by atoms with Gasteiger partial charge in [-0.1, -0.05) is 25.5 Å². The Bertz CT molecular complexity index is 1230. The van der Waals surface area contributed by atoms with Crippen molar-refractivity contribution in [2.24, 2.45) is 0 Å². The maximum absolute atomic E-state index is 13.2. The van der Waals surface area contributed by atoms with Crippen LogP contribution in [0.5, 0.6) is 5.75 Å². The summed E-state index contributed by atoms with van der Waals surface area (Å²) >= 11 is 0. The molecule has 0 spiro atoms. The summed E-state index contributed by atoms with van der Waals surface area (Å²) in [5.74, 6) is -1.48. The van der Waals surface area contributed by atoms with E-state index in [9.17, 15) is 19.5 Å². The van der Waals surface area contributed by atoms with E-state index in [0.29, 0.717) is 35.3 Å². The average molecular weight is 481 g/mol. The maximum atomic E-state index is 13.2. The Balaban J connectivity index is 1.77. The van der Waals surface area contributed by atoms with Crippen LogP contribution in [0.3, 0.4) is 0 Å². The number of nitrogens with one attached hydrogen (secondary N) is 2. The van der Waals surface area contributed by atoms with Crippen molar-refractivity contribution in [3.05, 3.63) is 70.0 Å². The fourth-order valence-electron chi connectivity index (χ4n) is 3.99. The van der Waals surface area contributed by atoms with Gasteiger partial charge in [0.2, 0.25) is 0 Å². The van der Waals surface area contributed by atoms with Gasteiger partial charge in [0, 0.05) is 17.6 Å². The van der Waals surface area contributed by atoms with Crippen LogP contribution in [0.4, 0.5) is 5.69 Å².